The highest BCUT2D eigenvalue weighted by Crippen LogP contribution is 2.20. The maximum atomic E-state index is 12.8. The molecule has 0 unspecified atom stereocenters. The summed E-state index contributed by atoms with van der Waals surface area (Å²) in [4.78, 5) is 24.9. The molecular weight excluding hydrogens is 374 g/mol. The van der Waals surface area contributed by atoms with Crippen LogP contribution in [0, 0.1) is 0 Å². The highest BCUT2D eigenvalue weighted by Gasteiger charge is 2.23. The standard InChI is InChI=1S/C20H27N5O4/c1-13(14-6-4-3-5-7-14)25-17(10-16(24-25)19(26)22-2)20(27)23-9-8-18-28-11-15(21)12-29-18/h3-7,10,13,15,18H,8-9,11-12,21H2,1-2H3,(H,22,26)(H,23,27)/t13-,15-,18-/m0/s1. The second-order valence-corrected chi connectivity index (χ2v) is 6.93. The lowest BCUT2D eigenvalue weighted by atomic mass is 10.1. The Kier molecular flexibility index (Phi) is 6.97. The Labute approximate surface area is 169 Å². The van der Waals surface area contributed by atoms with Gasteiger partial charge in [0.15, 0.2) is 12.0 Å². The molecular formula is C20H27N5O4. The minimum absolute atomic E-state index is 0.113. The zero-order valence-electron chi connectivity index (χ0n) is 16.6. The smallest absolute Gasteiger partial charge is 0.271 e. The van der Waals surface area contributed by atoms with Crippen LogP contribution in [0.2, 0.25) is 0 Å². The molecule has 2 heterocycles. The van der Waals surface area contributed by atoms with Gasteiger partial charge >= 0.3 is 0 Å². The van der Waals surface area contributed by atoms with Gasteiger partial charge in [0, 0.05) is 26.1 Å². The summed E-state index contributed by atoms with van der Waals surface area (Å²) in [6.45, 7) is 3.17. The van der Waals surface area contributed by atoms with E-state index >= 15 is 0 Å². The van der Waals surface area contributed by atoms with Gasteiger partial charge in [0.2, 0.25) is 0 Å². The van der Waals surface area contributed by atoms with E-state index in [1.54, 1.807) is 4.68 Å². The number of rotatable bonds is 7. The van der Waals surface area contributed by atoms with Crippen molar-refractivity contribution in [1.82, 2.24) is 20.4 Å². The number of carbonyl (C=O) groups excluding carboxylic acids is 2. The monoisotopic (exact) mass is 401 g/mol. The summed E-state index contributed by atoms with van der Waals surface area (Å²) in [5.74, 6) is -0.665. The van der Waals surface area contributed by atoms with Crippen LogP contribution in [0.5, 0.6) is 0 Å². The number of amides is 2. The molecule has 0 saturated carbocycles. The quantitative estimate of drug-likeness (QED) is 0.627. The molecule has 9 nitrogen and oxygen atoms in total. The average Bonchev–Trinajstić information content (AvgIpc) is 3.20. The summed E-state index contributed by atoms with van der Waals surface area (Å²) < 4.78 is 12.5. The third-order valence-electron chi connectivity index (χ3n) is 4.73. The van der Waals surface area contributed by atoms with Gasteiger partial charge in [-0.05, 0) is 12.5 Å². The lowest BCUT2D eigenvalue weighted by molar-refractivity contribution is -0.186. The summed E-state index contributed by atoms with van der Waals surface area (Å²) in [5.41, 5.74) is 7.20. The Morgan fingerprint density at radius 2 is 1.93 bits per heavy atom. The topological polar surface area (TPSA) is 121 Å². The molecule has 1 aliphatic heterocycles. The first-order chi connectivity index (χ1) is 14.0. The fourth-order valence-corrected chi connectivity index (χ4v) is 3.09. The van der Waals surface area contributed by atoms with Crippen LogP contribution in [-0.4, -0.2) is 60.7 Å². The van der Waals surface area contributed by atoms with Crippen molar-refractivity contribution < 1.29 is 19.1 Å². The Bertz CT molecular complexity index is 831. The molecule has 4 N–H and O–H groups in total. The molecule has 0 radical (unpaired) electrons. The van der Waals surface area contributed by atoms with E-state index in [0.717, 1.165) is 5.56 Å². The van der Waals surface area contributed by atoms with Crippen LogP contribution in [0.15, 0.2) is 36.4 Å². The molecule has 1 aliphatic rings. The zero-order valence-corrected chi connectivity index (χ0v) is 16.6. The van der Waals surface area contributed by atoms with Crippen molar-refractivity contribution in [1.29, 1.82) is 0 Å². The van der Waals surface area contributed by atoms with Gasteiger partial charge in [0.05, 0.1) is 25.3 Å². The molecule has 2 aromatic rings. The molecule has 1 aromatic carbocycles. The van der Waals surface area contributed by atoms with E-state index < -0.39 is 0 Å². The van der Waals surface area contributed by atoms with Crippen molar-refractivity contribution >= 4 is 11.8 Å². The van der Waals surface area contributed by atoms with Crippen LogP contribution in [0.4, 0.5) is 0 Å². The fraction of sp³-hybridized carbons (Fsp3) is 0.450. The van der Waals surface area contributed by atoms with E-state index in [4.69, 9.17) is 15.2 Å². The van der Waals surface area contributed by atoms with Gasteiger partial charge in [-0.15, -0.1) is 0 Å². The van der Waals surface area contributed by atoms with Crippen LogP contribution in [0.25, 0.3) is 0 Å². The number of nitrogens with one attached hydrogen (secondary N) is 2. The summed E-state index contributed by atoms with van der Waals surface area (Å²) in [6, 6.07) is 10.8. The maximum absolute atomic E-state index is 12.8. The van der Waals surface area contributed by atoms with Crippen LogP contribution >= 0.6 is 0 Å². The first-order valence-corrected chi connectivity index (χ1v) is 9.63. The number of hydrogen-bond donors (Lipinski definition) is 3. The number of aromatic nitrogens is 2. The maximum Gasteiger partial charge on any atom is 0.271 e. The van der Waals surface area contributed by atoms with Crippen molar-refractivity contribution in [2.24, 2.45) is 5.73 Å². The molecule has 1 aromatic heterocycles. The zero-order chi connectivity index (χ0) is 20.8. The number of hydrogen-bond acceptors (Lipinski definition) is 6. The second kappa shape index (κ2) is 9.64. The number of carbonyl (C=O) groups is 2. The van der Waals surface area contributed by atoms with Crippen LogP contribution in [-0.2, 0) is 9.47 Å². The predicted octanol–water partition coefficient (Wildman–Crippen LogP) is 0.672. The van der Waals surface area contributed by atoms with E-state index in [1.165, 1.54) is 13.1 Å². The Balaban J connectivity index is 1.71. The summed E-state index contributed by atoms with van der Waals surface area (Å²) in [7, 11) is 1.53. The number of benzene rings is 1. The van der Waals surface area contributed by atoms with Crippen LogP contribution in [0.1, 0.15) is 45.9 Å². The lowest BCUT2D eigenvalue weighted by Crippen LogP contribution is -2.42. The molecule has 0 bridgehead atoms. The largest absolute Gasteiger partial charge is 0.354 e. The normalized spacial score (nSPS) is 20.1. The molecule has 1 fully saturated rings. The summed E-state index contributed by atoms with van der Waals surface area (Å²) in [5, 5.41) is 9.76. The minimum Gasteiger partial charge on any atom is -0.354 e. The molecule has 0 aliphatic carbocycles. The Morgan fingerprint density at radius 1 is 1.24 bits per heavy atom. The van der Waals surface area contributed by atoms with E-state index in [0.29, 0.717) is 31.9 Å². The first kappa shape index (κ1) is 21.0. The van der Waals surface area contributed by atoms with Gasteiger partial charge in [-0.2, -0.15) is 5.10 Å². The third-order valence-corrected chi connectivity index (χ3v) is 4.73. The van der Waals surface area contributed by atoms with E-state index in [1.807, 2.05) is 37.3 Å². The number of nitrogens with zero attached hydrogens (tertiary/aromatic N) is 2. The molecule has 0 spiro atoms. The Hall–Kier alpha value is -2.75. The number of nitrogens with two attached hydrogens (primary N) is 1. The molecule has 156 valence electrons. The van der Waals surface area contributed by atoms with Crippen LogP contribution in [0.3, 0.4) is 0 Å². The lowest BCUT2D eigenvalue weighted by Gasteiger charge is -2.27. The van der Waals surface area contributed by atoms with Crippen molar-refractivity contribution in [2.75, 3.05) is 26.8 Å². The van der Waals surface area contributed by atoms with Crippen molar-refractivity contribution in [2.45, 2.75) is 31.7 Å². The van der Waals surface area contributed by atoms with E-state index in [-0.39, 0.29) is 35.9 Å². The molecule has 3 rings (SSSR count). The van der Waals surface area contributed by atoms with Gasteiger partial charge in [-0.25, -0.2) is 0 Å². The Morgan fingerprint density at radius 3 is 2.59 bits per heavy atom. The van der Waals surface area contributed by atoms with E-state index in [2.05, 4.69) is 15.7 Å². The highest BCUT2D eigenvalue weighted by atomic mass is 16.7. The van der Waals surface area contributed by atoms with Gasteiger partial charge in [0.25, 0.3) is 11.8 Å². The van der Waals surface area contributed by atoms with Gasteiger partial charge in [-0.1, -0.05) is 30.3 Å². The molecule has 29 heavy (non-hydrogen) atoms. The highest BCUT2D eigenvalue weighted by molar-refractivity contribution is 5.97. The SMILES string of the molecule is CNC(=O)c1cc(C(=O)NCC[C@H]2OC[C@H](N)CO2)n([C@@H](C)c2ccccc2)n1. The van der Waals surface area contributed by atoms with E-state index in [9.17, 15) is 9.59 Å². The average molecular weight is 401 g/mol. The van der Waals surface area contributed by atoms with Crippen LogP contribution < -0.4 is 16.4 Å². The fourth-order valence-electron chi connectivity index (χ4n) is 3.09. The molecule has 9 heteroatoms. The molecule has 2 amide bonds. The first-order valence-electron chi connectivity index (χ1n) is 9.63. The predicted molar refractivity (Wildman–Crippen MR) is 106 cm³/mol. The van der Waals surface area contributed by atoms with Gasteiger partial charge < -0.3 is 25.8 Å². The molecule has 1 atom stereocenters. The van der Waals surface area contributed by atoms with Crippen molar-refractivity contribution in [3.63, 3.8) is 0 Å². The van der Waals surface area contributed by atoms with Gasteiger partial charge in [-0.3, -0.25) is 14.3 Å². The molecule has 1 saturated heterocycles. The van der Waals surface area contributed by atoms with Crippen molar-refractivity contribution in [3.05, 3.63) is 53.3 Å². The van der Waals surface area contributed by atoms with Gasteiger partial charge in [0.1, 0.15) is 5.69 Å². The summed E-state index contributed by atoms with van der Waals surface area (Å²) >= 11 is 0. The van der Waals surface area contributed by atoms with Crippen molar-refractivity contribution in [3.8, 4) is 0 Å². The second-order valence-electron chi connectivity index (χ2n) is 6.93. The minimum atomic E-state index is -0.385. The number of ether oxygens (including phenoxy) is 2. The third kappa shape index (κ3) is 5.20. The summed E-state index contributed by atoms with van der Waals surface area (Å²) in [6.07, 6.45) is 0.119.